The van der Waals surface area contributed by atoms with Gasteiger partial charge in [0, 0.05) is 17.4 Å². The summed E-state index contributed by atoms with van der Waals surface area (Å²) < 4.78 is 5.98. The Balaban J connectivity index is 1.44. The zero-order valence-corrected chi connectivity index (χ0v) is 15.4. The number of rotatable bonds is 3. The highest BCUT2D eigenvalue weighted by atomic mass is 35.5. The second-order valence-electron chi connectivity index (χ2n) is 7.03. The number of ether oxygens (including phenoxy) is 1. The molecule has 1 N–H and O–H groups in total. The smallest absolute Gasteiger partial charge is 0.119 e. The highest BCUT2D eigenvalue weighted by molar-refractivity contribution is 8.00. The summed E-state index contributed by atoms with van der Waals surface area (Å²) in [5.74, 6) is 4.18. The van der Waals surface area contributed by atoms with Crippen LogP contribution in [0.15, 0.2) is 54.6 Å². The molecule has 1 fully saturated rings. The number of thioether (sulfide) groups is 1. The minimum absolute atomic E-state index is 0.278. The van der Waals surface area contributed by atoms with Gasteiger partial charge in [-0.15, -0.1) is 0 Å². The summed E-state index contributed by atoms with van der Waals surface area (Å²) in [6, 6.07) is 15.1. The van der Waals surface area contributed by atoms with E-state index in [1.165, 1.54) is 11.1 Å². The van der Waals surface area contributed by atoms with E-state index in [1.807, 2.05) is 17.8 Å². The molecule has 4 heteroatoms. The Morgan fingerprint density at radius 3 is 2.68 bits per heavy atom. The molecule has 0 saturated carbocycles. The first kappa shape index (κ1) is 15.7. The van der Waals surface area contributed by atoms with Crippen molar-refractivity contribution in [2.45, 2.75) is 24.5 Å². The molecule has 0 amide bonds. The number of para-hydroxylation sites is 1. The first-order chi connectivity index (χ1) is 12.3. The quantitative estimate of drug-likeness (QED) is 0.705. The van der Waals surface area contributed by atoms with E-state index in [4.69, 9.17) is 16.3 Å². The molecule has 3 aliphatic rings. The molecule has 0 aromatic heterocycles. The summed E-state index contributed by atoms with van der Waals surface area (Å²) >= 11 is 8.42. The van der Waals surface area contributed by atoms with Gasteiger partial charge in [-0.1, -0.05) is 48.0 Å². The average Bonchev–Trinajstić information content (AvgIpc) is 3.09. The maximum atomic E-state index is 6.48. The van der Waals surface area contributed by atoms with Crippen molar-refractivity contribution in [3.8, 4) is 5.75 Å². The Labute approximate surface area is 157 Å². The Morgan fingerprint density at radius 1 is 1.08 bits per heavy atom. The molecule has 2 aromatic carbocycles. The van der Waals surface area contributed by atoms with E-state index >= 15 is 0 Å². The number of nitrogens with one attached hydrogen (secondary N) is 1. The molecule has 2 aromatic rings. The van der Waals surface area contributed by atoms with Crippen LogP contribution in [0.3, 0.4) is 0 Å². The number of benzene rings is 2. The molecule has 0 bridgehead atoms. The maximum absolute atomic E-state index is 6.48. The van der Waals surface area contributed by atoms with Gasteiger partial charge in [-0.05, 0) is 41.7 Å². The summed E-state index contributed by atoms with van der Waals surface area (Å²) in [4.78, 5) is 0. The molecule has 128 valence electrons. The van der Waals surface area contributed by atoms with Gasteiger partial charge in [-0.25, -0.2) is 0 Å². The first-order valence-electron chi connectivity index (χ1n) is 8.85. The molecule has 2 nitrogen and oxygen atoms in total. The minimum Gasteiger partial charge on any atom is -0.489 e. The zero-order chi connectivity index (χ0) is 16.8. The van der Waals surface area contributed by atoms with Crippen LogP contribution >= 0.6 is 23.4 Å². The van der Waals surface area contributed by atoms with Gasteiger partial charge in [0.05, 0.1) is 16.8 Å². The van der Waals surface area contributed by atoms with Crippen LogP contribution in [0.25, 0.3) is 0 Å². The van der Waals surface area contributed by atoms with Gasteiger partial charge in [-0.2, -0.15) is 11.8 Å². The van der Waals surface area contributed by atoms with Crippen LogP contribution in [-0.4, -0.2) is 17.6 Å². The highest BCUT2D eigenvalue weighted by Gasteiger charge is 2.38. The van der Waals surface area contributed by atoms with Crippen LogP contribution in [0.1, 0.15) is 29.5 Å². The predicted octanol–water partition coefficient (Wildman–Crippen LogP) is 5.66. The number of allylic oxidation sites excluding steroid dienone is 2. The van der Waals surface area contributed by atoms with Crippen LogP contribution in [0.4, 0.5) is 5.69 Å². The predicted molar refractivity (Wildman–Crippen MR) is 106 cm³/mol. The molecular weight excluding hydrogens is 350 g/mol. The van der Waals surface area contributed by atoms with Crippen LogP contribution in [0.5, 0.6) is 5.75 Å². The Kier molecular flexibility index (Phi) is 3.94. The van der Waals surface area contributed by atoms with E-state index in [0.717, 1.165) is 34.4 Å². The van der Waals surface area contributed by atoms with Gasteiger partial charge < -0.3 is 10.1 Å². The van der Waals surface area contributed by atoms with E-state index in [-0.39, 0.29) is 6.04 Å². The zero-order valence-electron chi connectivity index (χ0n) is 13.8. The van der Waals surface area contributed by atoms with Crippen molar-refractivity contribution in [2.24, 2.45) is 5.92 Å². The Hall–Kier alpha value is -1.58. The fourth-order valence-corrected chi connectivity index (χ4v) is 4.94. The van der Waals surface area contributed by atoms with Crippen molar-refractivity contribution in [1.29, 1.82) is 0 Å². The third kappa shape index (κ3) is 2.74. The molecule has 1 aliphatic carbocycles. The van der Waals surface area contributed by atoms with Crippen molar-refractivity contribution in [1.82, 2.24) is 0 Å². The normalized spacial score (nSPS) is 27.2. The number of anilines is 1. The molecule has 0 radical (unpaired) electrons. The summed E-state index contributed by atoms with van der Waals surface area (Å²) in [6.07, 6.45) is 6.15. The summed E-state index contributed by atoms with van der Waals surface area (Å²) in [6.45, 7) is 0. The molecular formula is C21H20ClNOS. The van der Waals surface area contributed by atoms with Crippen molar-refractivity contribution < 1.29 is 4.74 Å². The first-order valence-corrected chi connectivity index (χ1v) is 10.4. The molecule has 0 spiro atoms. The second-order valence-corrected chi connectivity index (χ2v) is 8.51. The fraction of sp³-hybridized carbons (Fsp3) is 0.333. The van der Waals surface area contributed by atoms with Crippen LogP contribution < -0.4 is 10.1 Å². The van der Waals surface area contributed by atoms with Gasteiger partial charge in [0.1, 0.15) is 11.9 Å². The third-order valence-corrected chi connectivity index (χ3v) is 7.03. The standard InChI is InChI=1S/C21H20ClNOS/c22-19-6-2-5-18-16-3-1-4-17(16)20(23-21(18)19)13-7-9-14(10-8-13)24-15-11-25-12-15/h1-3,5-10,15-17,20,23H,4,11-12H2/t16-,17+,20+/m0/s1. The summed E-state index contributed by atoms with van der Waals surface area (Å²) in [5, 5.41) is 4.53. The third-order valence-electron chi connectivity index (χ3n) is 5.50. The topological polar surface area (TPSA) is 21.3 Å². The molecule has 1 saturated heterocycles. The van der Waals surface area contributed by atoms with Crippen molar-refractivity contribution in [3.63, 3.8) is 0 Å². The molecule has 0 unspecified atom stereocenters. The lowest BCUT2D eigenvalue weighted by Gasteiger charge is -2.38. The van der Waals surface area contributed by atoms with Gasteiger partial charge in [-0.3, -0.25) is 0 Å². The number of halogens is 1. The Bertz CT molecular complexity index is 815. The largest absolute Gasteiger partial charge is 0.489 e. The lowest BCUT2D eigenvalue weighted by atomic mass is 9.77. The number of hydrogen-bond acceptors (Lipinski definition) is 3. The van der Waals surface area contributed by atoms with Gasteiger partial charge in [0.25, 0.3) is 0 Å². The van der Waals surface area contributed by atoms with Crippen LogP contribution in [0.2, 0.25) is 5.02 Å². The lowest BCUT2D eigenvalue weighted by molar-refractivity contribution is 0.240. The average molecular weight is 370 g/mol. The highest BCUT2D eigenvalue weighted by Crippen LogP contribution is 2.51. The molecule has 2 heterocycles. The molecule has 2 aliphatic heterocycles. The van der Waals surface area contributed by atoms with Gasteiger partial charge >= 0.3 is 0 Å². The van der Waals surface area contributed by atoms with E-state index in [1.54, 1.807) is 0 Å². The number of fused-ring (bicyclic) bond motifs is 3. The Morgan fingerprint density at radius 2 is 1.92 bits per heavy atom. The summed E-state index contributed by atoms with van der Waals surface area (Å²) in [5.41, 5.74) is 3.72. The molecule has 5 rings (SSSR count). The van der Waals surface area contributed by atoms with Crippen molar-refractivity contribution in [3.05, 3.63) is 70.8 Å². The van der Waals surface area contributed by atoms with Crippen molar-refractivity contribution >= 4 is 29.1 Å². The monoisotopic (exact) mass is 369 g/mol. The maximum Gasteiger partial charge on any atom is 0.119 e. The van der Waals surface area contributed by atoms with Crippen LogP contribution in [0, 0.1) is 5.92 Å². The second kappa shape index (κ2) is 6.30. The summed E-state index contributed by atoms with van der Waals surface area (Å²) in [7, 11) is 0. The number of hydrogen-bond donors (Lipinski definition) is 1. The van der Waals surface area contributed by atoms with E-state index in [0.29, 0.717) is 17.9 Å². The SMILES string of the molecule is Clc1cccc2c1N[C@H](c1ccc(OC3CSC3)cc1)[C@@H]1CC=C[C@H]21. The van der Waals surface area contributed by atoms with E-state index in [9.17, 15) is 0 Å². The lowest BCUT2D eigenvalue weighted by Crippen LogP contribution is -2.31. The van der Waals surface area contributed by atoms with Gasteiger partial charge in [0.15, 0.2) is 0 Å². The fourth-order valence-electron chi connectivity index (χ4n) is 4.14. The van der Waals surface area contributed by atoms with Crippen molar-refractivity contribution in [2.75, 3.05) is 16.8 Å². The van der Waals surface area contributed by atoms with Gasteiger partial charge in [0.2, 0.25) is 0 Å². The minimum atomic E-state index is 0.278. The van der Waals surface area contributed by atoms with E-state index < -0.39 is 0 Å². The molecule has 25 heavy (non-hydrogen) atoms. The van der Waals surface area contributed by atoms with E-state index in [2.05, 4.69) is 53.9 Å². The molecule has 3 atom stereocenters. The van der Waals surface area contributed by atoms with Crippen LogP contribution in [-0.2, 0) is 0 Å².